The van der Waals surface area contributed by atoms with Crippen LogP contribution < -0.4 is 0 Å². The van der Waals surface area contributed by atoms with Crippen molar-refractivity contribution in [1.29, 1.82) is 0 Å². The van der Waals surface area contributed by atoms with E-state index in [1.165, 1.54) is 32.4 Å². The number of morpholine rings is 1. The Morgan fingerprint density at radius 1 is 1.04 bits per heavy atom. The summed E-state index contributed by atoms with van der Waals surface area (Å²) in [5.41, 5.74) is 1.65. The zero-order valence-electron chi connectivity index (χ0n) is 16.1. The Bertz CT molecular complexity index is 627. The lowest BCUT2D eigenvalue weighted by atomic mass is 9.92. The molecule has 6 nitrogen and oxygen atoms in total. The number of rotatable bonds is 4. The first-order valence-corrected chi connectivity index (χ1v) is 10.4. The molecular formula is C21H31N3O3. The number of piperidine rings is 1. The summed E-state index contributed by atoms with van der Waals surface area (Å²) in [7, 11) is 0. The molecule has 148 valence electrons. The van der Waals surface area contributed by atoms with Crippen LogP contribution in [0.25, 0.3) is 0 Å². The Morgan fingerprint density at radius 2 is 1.81 bits per heavy atom. The fourth-order valence-corrected chi connectivity index (χ4v) is 4.48. The summed E-state index contributed by atoms with van der Waals surface area (Å²) >= 11 is 0. The maximum absolute atomic E-state index is 12.7. The van der Waals surface area contributed by atoms with Gasteiger partial charge in [-0.2, -0.15) is 0 Å². The molecule has 0 unspecified atom stereocenters. The van der Waals surface area contributed by atoms with E-state index in [0.29, 0.717) is 37.9 Å². The number of carbonyl (C=O) groups is 1. The van der Waals surface area contributed by atoms with Crippen molar-refractivity contribution in [2.24, 2.45) is 5.92 Å². The van der Waals surface area contributed by atoms with Gasteiger partial charge in [0.15, 0.2) is 0 Å². The second-order valence-electron chi connectivity index (χ2n) is 8.01. The van der Waals surface area contributed by atoms with Gasteiger partial charge in [0.05, 0.1) is 13.2 Å². The van der Waals surface area contributed by atoms with E-state index in [9.17, 15) is 4.79 Å². The van der Waals surface area contributed by atoms with Gasteiger partial charge in [0.25, 0.3) is 5.91 Å². The predicted molar refractivity (Wildman–Crippen MR) is 103 cm³/mol. The number of carbonyl (C=O) groups excluding carboxylic acids is 1. The first-order valence-electron chi connectivity index (χ1n) is 10.4. The number of hydrogen-bond donors (Lipinski definition) is 0. The summed E-state index contributed by atoms with van der Waals surface area (Å²) in [5, 5.41) is 0. The number of aromatic nitrogens is 1. The van der Waals surface area contributed by atoms with E-state index >= 15 is 0 Å². The molecule has 27 heavy (non-hydrogen) atoms. The van der Waals surface area contributed by atoms with E-state index in [4.69, 9.17) is 14.5 Å². The largest absolute Gasteiger partial charge is 0.381 e. The van der Waals surface area contributed by atoms with Gasteiger partial charge < -0.3 is 19.3 Å². The molecule has 1 aromatic rings. The summed E-state index contributed by atoms with van der Waals surface area (Å²) in [4.78, 5) is 22.0. The molecule has 1 aromatic heterocycles. The molecule has 0 saturated carbocycles. The summed E-state index contributed by atoms with van der Waals surface area (Å²) in [6.45, 7) is 7.79. The van der Waals surface area contributed by atoms with Crippen LogP contribution in [-0.4, -0.2) is 79.8 Å². The SMILES string of the molecule is O=C(c1cccc([C@@H]2CCCN(CC3CCOCC3)C2)n1)N1CCOCC1. The van der Waals surface area contributed by atoms with Crippen LogP contribution in [0, 0.1) is 5.92 Å². The highest BCUT2D eigenvalue weighted by molar-refractivity contribution is 5.92. The molecule has 1 atom stereocenters. The van der Waals surface area contributed by atoms with Crippen molar-refractivity contribution in [3.05, 3.63) is 29.6 Å². The molecule has 3 saturated heterocycles. The summed E-state index contributed by atoms with van der Waals surface area (Å²) in [6, 6.07) is 5.94. The first-order chi connectivity index (χ1) is 13.3. The normalized spacial score (nSPS) is 25.5. The highest BCUT2D eigenvalue weighted by Crippen LogP contribution is 2.27. The number of ether oxygens (including phenoxy) is 2. The molecule has 3 aliphatic heterocycles. The van der Waals surface area contributed by atoms with Crippen molar-refractivity contribution in [2.45, 2.75) is 31.6 Å². The fourth-order valence-electron chi connectivity index (χ4n) is 4.48. The molecule has 0 aromatic carbocycles. The molecule has 4 heterocycles. The number of nitrogens with zero attached hydrogens (tertiary/aromatic N) is 3. The Balaban J connectivity index is 1.39. The van der Waals surface area contributed by atoms with E-state index in [2.05, 4.69) is 11.0 Å². The van der Waals surface area contributed by atoms with Gasteiger partial charge in [-0.1, -0.05) is 6.07 Å². The highest BCUT2D eigenvalue weighted by Gasteiger charge is 2.26. The fraction of sp³-hybridized carbons (Fsp3) is 0.714. The molecule has 1 amide bonds. The first kappa shape index (κ1) is 18.8. The van der Waals surface area contributed by atoms with Crippen LogP contribution in [0.2, 0.25) is 0 Å². The Morgan fingerprint density at radius 3 is 2.63 bits per heavy atom. The van der Waals surface area contributed by atoms with Crippen molar-refractivity contribution in [3.8, 4) is 0 Å². The minimum absolute atomic E-state index is 0.0371. The standard InChI is InChI=1S/C21H31N3O3/c25-21(24-9-13-27-14-10-24)20-5-1-4-19(22-20)18-3-2-8-23(16-18)15-17-6-11-26-12-7-17/h1,4-5,17-18H,2-3,6-16H2/t18-/m1/s1. The highest BCUT2D eigenvalue weighted by atomic mass is 16.5. The third-order valence-electron chi connectivity index (χ3n) is 6.07. The van der Waals surface area contributed by atoms with Crippen molar-refractivity contribution >= 4 is 5.91 Å². The van der Waals surface area contributed by atoms with Gasteiger partial charge in [0.1, 0.15) is 5.69 Å². The second-order valence-corrected chi connectivity index (χ2v) is 8.01. The van der Waals surface area contributed by atoms with Gasteiger partial charge in [-0.3, -0.25) is 4.79 Å². The summed E-state index contributed by atoms with van der Waals surface area (Å²) in [6.07, 6.45) is 4.73. The van der Waals surface area contributed by atoms with Crippen LogP contribution >= 0.6 is 0 Å². The zero-order chi connectivity index (χ0) is 18.5. The van der Waals surface area contributed by atoms with Crippen molar-refractivity contribution in [2.75, 3.05) is 59.2 Å². The number of likely N-dealkylation sites (tertiary alicyclic amines) is 1. The molecule has 4 rings (SSSR count). The minimum Gasteiger partial charge on any atom is -0.381 e. The zero-order valence-corrected chi connectivity index (χ0v) is 16.1. The molecular weight excluding hydrogens is 342 g/mol. The second kappa shape index (κ2) is 9.13. The molecule has 0 N–H and O–H groups in total. The van der Waals surface area contributed by atoms with Crippen LogP contribution in [-0.2, 0) is 9.47 Å². The molecule has 0 radical (unpaired) electrons. The van der Waals surface area contributed by atoms with Crippen LogP contribution in [0.4, 0.5) is 0 Å². The quantitative estimate of drug-likeness (QED) is 0.810. The Hall–Kier alpha value is -1.50. The topological polar surface area (TPSA) is 54.9 Å². The van der Waals surface area contributed by atoms with Crippen molar-refractivity contribution in [3.63, 3.8) is 0 Å². The van der Waals surface area contributed by atoms with E-state index in [0.717, 1.165) is 37.8 Å². The van der Waals surface area contributed by atoms with Gasteiger partial charge >= 0.3 is 0 Å². The Labute approximate surface area is 161 Å². The lowest BCUT2D eigenvalue weighted by Crippen LogP contribution is -2.41. The molecule has 0 aliphatic carbocycles. The number of amides is 1. The maximum Gasteiger partial charge on any atom is 0.272 e. The van der Waals surface area contributed by atoms with Gasteiger partial charge in [0.2, 0.25) is 0 Å². The van der Waals surface area contributed by atoms with Gasteiger partial charge in [-0.25, -0.2) is 4.98 Å². The summed E-state index contributed by atoms with van der Waals surface area (Å²) < 4.78 is 10.8. The number of pyridine rings is 1. The maximum atomic E-state index is 12.7. The third kappa shape index (κ3) is 4.86. The van der Waals surface area contributed by atoms with E-state index in [1.807, 2.05) is 17.0 Å². The van der Waals surface area contributed by atoms with Crippen LogP contribution in [0.5, 0.6) is 0 Å². The van der Waals surface area contributed by atoms with E-state index in [1.54, 1.807) is 0 Å². The third-order valence-corrected chi connectivity index (χ3v) is 6.07. The lowest BCUT2D eigenvalue weighted by molar-refractivity contribution is 0.0298. The smallest absolute Gasteiger partial charge is 0.272 e. The molecule has 0 bridgehead atoms. The van der Waals surface area contributed by atoms with Crippen LogP contribution in [0.3, 0.4) is 0 Å². The lowest BCUT2D eigenvalue weighted by Gasteiger charge is -2.36. The molecule has 3 aliphatic rings. The molecule has 3 fully saturated rings. The summed E-state index contributed by atoms with van der Waals surface area (Å²) in [5.74, 6) is 1.23. The molecule has 0 spiro atoms. The van der Waals surface area contributed by atoms with E-state index in [-0.39, 0.29) is 5.91 Å². The van der Waals surface area contributed by atoms with Gasteiger partial charge in [0, 0.05) is 51.0 Å². The average Bonchev–Trinajstić information content (AvgIpc) is 2.75. The van der Waals surface area contributed by atoms with Gasteiger partial charge in [-0.05, 0) is 50.3 Å². The monoisotopic (exact) mass is 373 g/mol. The predicted octanol–water partition coefficient (Wildman–Crippen LogP) is 2.16. The number of hydrogen-bond acceptors (Lipinski definition) is 5. The van der Waals surface area contributed by atoms with E-state index < -0.39 is 0 Å². The minimum atomic E-state index is 0.0371. The van der Waals surface area contributed by atoms with Crippen molar-refractivity contribution in [1.82, 2.24) is 14.8 Å². The Kier molecular flexibility index (Phi) is 6.37. The molecule has 6 heteroatoms. The van der Waals surface area contributed by atoms with Gasteiger partial charge in [-0.15, -0.1) is 0 Å². The van der Waals surface area contributed by atoms with Crippen LogP contribution in [0.1, 0.15) is 47.8 Å². The van der Waals surface area contributed by atoms with Crippen molar-refractivity contribution < 1.29 is 14.3 Å². The average molecular weight is 373 g/mol. The van der Waals surface area contributed by atoms with Crippen LogP contribution in [0.15, 0.2) is 18.2 Å².